The number of ether oxygens (including phenoxy) is 1. The van der Waals surface area contributed by atoms with Crippen LogP contribution in [-0.2, 0) is 16.6 Å². The molecule has 1 heterocycles. The van der Waals surface area contributed by atoms with Crippen LogP contribution in [0.25, 0.3) is 5.69 Å². The highest BCUT2D eigenvalue weighted by Crippen LogP contribution is 2.26. The van der Waals surface area contributed by atoms with Crippen LogP contribution in [0.2, 0.25) is 0 Å². The van der Waals surface area contributed by atoms with Gasteiger partial charge in [-0.2, -0.15) is 5.10 Å². The highest BCUT2D eigenvalue weighted by molar-refractivity contribution is 5.90. The van der Waals surface area contributed by atoms with Gasteiger partial charge in [-0.3, -0.25) is 0 Å². The molecule has 2 rings (SSSR count). The maximum Gasteiger partial charge on any atom is 0.339 e. The zero-order valence-electron chi connectivity index (χ0n) is 19.9. The summed E-state index contributed by atoms with van der Waals surface area (Å²) in [5.74, 6) is -0.561. The third-order valence-electron chi connectivity index (χ3n) is 5.95. The molecule has 0 saturated carbocycles. The summed E-state index contributed by atoms with van der Waals surface area (Å²) in [5.41, 5.74) is 3.75. The highest BCUT2D eigenvalue weighted by atomic mass is 16.5. The van der Waals surface area contributed by atoms with Gasteiger partial charge in [0, 0.05) is 7.11 Å². The molecule has 1 aromatic carbocycles. The molecule has 0 aliphatic heterocycles. The third kappa shape index (κ3) is 5.94. The zero-order valence-corrected chi connectivity index (χ0v) is 19.9. The molecule has 2 aromatic rings. The summed E-state index contributed by atoms with van der Waals surface area (Å²) in [6, 6.07) is 8.23. The van der Waals surface area contributed by atoms with Crippen LogP contribution in [-0.4, -0.2) is 33.6 Å². The second-order valence-electron chi connectivity index (χ2n) is 10.1. The number of carboxylic acid groups (broad SMARTS) is 1. The first kappa shape index (κ1) is 24.1. The van der Waals surface area contributed by atoms with Crippen molar-refractivity contribution in [3.8, 4) is 5.69 Å². The molecular weight excluding hydrogens is 376 g/mol. The summed E-state index contributed by atoms with van der Waals surface area (Å²) in [6.07, 6.45) is 3.69. The van der Waals surface area contributed by atoms with Gasteiger partial charge in [0.25, 0.3) is 0 Å². The Hall–Kier alpha value is -2.14. The second kappa shape index (κ2) is 9.34. The predicted octanol–water partition coefficient (Wildman–Crippen LogP) is 5.95. The van der Waals surface area contributed by atoms with E-state index in [0.29, 0.717) is 29.3 Å². The molecule has 1 N–H and O–H groups in total. The summed E-state index contributed by atoms with van der Waals surface area (Å²) in [5, 5.41) is 14.5. The van der Waals surface area contributed by atoms with E-state index in [4.69, 9.17) is 9.84 Å². The van der Waals surface area contributed by atoms with Crippen LogP contribution in [0, 0.1) is 12.8 Å². The number of aromatic carboxylic acids is 1. The van der Waals surface area contributed by atoms with Crippen molar-refractivity contribution < 1.29 is 14.6 Å². The molecule has 1 atom stereocenters. The Kier molecular flexibility index (Phi) is 7.51. The maximum atomic E-state index is 12.0. The van der Waals surface area contributed by atoms with Gasteiger partial charge in [-0.05, 0) is 62.6 Å². The lowest BCUT2D eigenvalue weighted by Gasteiger charge is -2.23. The van der Waals surface area contributed by atoms with Crippen LogP contribution < -0.4 is 0 Å². The van der Waals surface area contributed by atoms with Crippen molar-refractivity contribution in [1.29, 1.82) is 0 Å². The number of methoxy groups -OCH3 is 1. The van der Waals surface area contributed by atoms with Gasteiger partial charge >= 0.3 is 5.97 Å². The molecular formula is C25H38N2O3. The number of nitrogens with zero attached hydrogens (tertiary/aromatic N) is 2. The Balaban J connectivity index is 2.22. The summed E-state index contributed by atoms with van der Waals surface area (Å²) in [4.78, 5) is 12.0. The van der Waals surface area contributed by atoms with Gasteiger partial charge in [0.05, 0.1) is 22.7 Å². The van der Waals surface area contributed by atoms with E-state index in [1.165, 1.54) is 5.56 Å². The smallest absolute Gasteiger partial charge is 0.339 e. The van der Waals surface area contributed by atoms with Gasteiger partial charge in [0.15, 0.2) is 0 Å². The summed E-state index contributed by atoms with van der Waals surface area (Å²) in [6.45, 7) is 14.7. The van der Waals surface area contributed by atoms with Crippen LogP contribution in [0.3, 0.4) is 0 Å². The lowest BCUT2D eigenvalue weighted by atomic mass is 9.87. The monoisotopic (exact) mass is 414 g/mol. The van der Waals surface area contributed by atoms with Crippen molar-refractivity contribution in [3.05, 3.63) is 46.8 Å². The van der Waals surface area contributed by atoms with E-state index in [1.54, 1.807) is 11.8 Å². The van der Waals surface area contributed by atoms with Crippen molar-refractivity contribution in [2.45, 2.75) is 85.2 Å². The second-order valence-corrected chi connectivity index (χ2v) is 10.1. The van der Waals surface area contributed by atoms with Crippen molar-refractivity contribution in [2.75, 3.05) is 7.11 Å². The van der Waals surface area contributed by atoms with Gasteiger partial charge in [-0.1, -0.05) is 52.7 Å². The maximum absolute atomic E-state index is 12.0. The molecule has 0 aliphatic rings. The molecule has 5 heteroatoms. The van der Waals surface area contributed by atoms with Gasteiger partial charge in [0.1, 0.15) is 5.56 Å². The van der Waals surface area contributed by atoms with E-state index in [9.17, 15) is 9.90 Å². The van der Waals surface area contributed by atoms with Crippen LogP contribution in [0.15, 0.2) is 24.3 Å². The van der Waals surface area contributed by atoms with Crippen molar-refractivity contribution in [3.63, 3.8) is 0 Å². The molecule has 0 spiro atoms. The summed E-state index contributed by atoms with van der Waals surface area (Å²) in [7, 11) is 1.74. The lowest BCUT2D eigenvalue weighted by molar-refractivity contribution is 0.0127. The molecule has 1 unspecified atom stereocenters. The first-order valence-corrected chi connectivity index (χ1v) is 10.8. The van der Waals surface area contributed by atoms with Crippen LogP contribution in [0.4, 0.5) is 0 Å². The molecule has 30 heavy (non-hydrogen) atoms. The van der Waals surface area contributed by atoms with E-state index in [-0.39, 0.29) is 11.0 Å². The molecule has 166 valence electrons. The molecule has 0 fully saturated rings. The molecule has 0 radical (unpaired) electrons. The Morgan fingerprint density at radius 2 is 1.77 bits per heavy atom. The quantitative estimate of drug-likeness (QED) is 0.550. The number of rotatable bonds is 9. The van der Waals surface area contributed by atoms with Gasteiger partial charge in [0.2, 0.25) is 0 Å². The first-order valence-electron chi connectivity index (χ1n) is 10.8. The fourth-order valence-electron chi connectivity index (χ4n) is 3.75. The average molecular weight is 415 g/mol. The van der Waals surface area contributed by atoms with E-state index in [1.807, 2.05) is 19.1 Å². The van der Waals surface area contributed by atoms with E-state index in [0.717, 1.165) is 24.9 Å². The first-order chi connectivity index (χ1) is 13.9. The minimum atomic E-state index is -0.909. The summed E-state index contributed by atoms with van der Waals surface area (Å²) < 4.78 is 7.26. The molecule has 0 aliphatic carbocycles. The standard InChI is InChI=1S/C25H38N2O3/c1-17(10-9-15-25(6,7)30-8)16-21-22(23(28)29)18(2)27(26-21)20-13-11-19(12-14-20)24(3,4)5/h11-14,17H,9-10,15-16H2,1-8H3,(H,28,29). The predicted molar refractivity (Wildman–Crippen MR) is 122 cm³/mol. The number of aromatic nitrogens is 2. The highest BCUT2D eigenvalue weighted by Gasteiger charge is 2.24. The van der Waals surface area contributed by atoms with Gasteiger partial charge < -0.3 is 9.84 Å². The fraction of sp³-hybridized carbons (Fsp3) is 0.600. The Bertz CT molecular complexity index is 858. The lowest BCUT2D eigenvalue weighted by Crippen LogP contribution is -2.22. The number of benzene rings is 1. The molecule has 0 saturated heterocycles. The fourth-order valence-corrected chi connectivity index (χ4v) is 3.75. The van der Waals surface area contributed by atoms with E-state index >= 15 is 0 Å². The van der Waals surface area contributed by atoms with E-state index < -0.39 is 5.97 Å². The Morgan fingerprint density at radius 3 is 2.27 bits per heavy atom. The Labute approximate surface area is 181 Å². The molecule has 5 nitrogen and oxygen atoms in total. The average Bonchev–Trinajstić information content (AvgIpc) is 2.97. The number of hydrogen-bond acceptors (Lipinski definition) is 3. The normalized spacial score (nSPS) is 13.5. The van der Waals surface area contributed by atoms with Gasteiger partial charge in [-0.15, -0.1) is 0 Å². The van der Waals surface area contributed by atoms with Crippen molar-refractivity contribution in [2.24, 2.45) is 5.92 Å². The van der Waals surface area contributed by atoms with Gasteiger partial charge in [-0.25, -0.2) is 9.48 Å². The molecule has 0 bridgehead atoms. The zero-order chi connectivity index (χ0) is 22.7. The topological polar surface area (TPSA) is 64.4 Å². The Morgan fingerprint density at radius 1 is 1.17 bits per heavy atom. The van der Waals surface area contributed by atoms with Crippen LogP contribution in [0.1, 0.15) is 88.1 Å². The number of carboxylic acids is 1. The molecule has 0 amide bonds. The minimum absolute atomic E-state index is 0.0713. The largest absolute Gasteiger partial charge is 0.478 e. The van der Waals surface area contributed by atoms with E-state index in [2.05, 4.69) is 53.7 Å². The number of carbonyl (C=O) groups is 1. The SMILES string of the molecule is COC(C)(C)CCCC(C)Cc1nn(-c2ccc(C(C)(C)C)cc2)c(C)c1C(=O)O. The van der Waals surface area contributed by atoms with Crippen molar-refractivity contribution >= 4 is 5.97 Å². The molecule has 1 aromatic heterocycles. The minimum Gasteiger partial charge on any atom is -0.478 e. The third-order valence-corrected chi connectivity index (χ3v) is 5.95. The van der Waals surface area contributed by atoms with Crippen LogP contribution >= 0.6 is 0 Å². The number of hydrogen-bond donors (Lipinski definition) is 1. The summed E-state index contributed by atoms with van der Waals surface area (Å²) >= 11 is 0. The van der Waals surface area contributed by atoms with Crippen LogP contribution in [0.5, 0.6) is 0 Å². The van der Waals surface area contributed by atoms with Crippen molar-refractivity contribution in [1.82, 2.24) is 9.78 Å².